The first kappa shape index (κ1) is 15.6. The van der Waals surface area contributed by atoms with E-state index in [9.17, 15) is 14.7 Å². The fourth-order valence-corrected chi connectivity index (χ4v) is 2.89. The van der Waals surface area contributed by atoms with Gasteiger partial charge in [-0.05, 0) is 19.9 Å². The maximum absolute atomic E-state index is 12.3. The summed E-state index contributed by atoms with van der Waals surface area (Å²) in [5.41, 5.74) is -1.37. The number of carbonyl (C=O) groups excluding carboxylic acids is 1. The Bertz CT molecular complexity index is 562. The molecule has 116 valence electrons. The predicted molar refractivity (Wildman–Crippen MR) is 75.1 cm³/mol. The van der Waals surface area contributed by atoms with E-state index in [4.69, 9.17) is 9.15 Å². The third kappa shape index (κ3) is 2.23. The molecule has 2 rings (SSSR count). The first-order valence-corrected chi connectivity index (χ1v) is 6.98. The molecule has 1 fully saturated rings. The Labute approximate surface area is 123 Å². The van der Waals surface area contributed by atoms with Gasteiger partial charge in [-0.25, -0.2) is 4.79 Å². The third-order valence-electron chi connectivity index (χ3n) is 4.52. The number of hydrogen-bond donors (Lipinski definition) is 2. The van der Waals surface area contributed by atoms with Crippen LogP contribution in [0.4, 0.5) is 0 Å². The van der Waals surface area contributed by atoms with Crippen LogP contribution in [0.3, 0.4) is 0 Å². The molecule has 1 amide bonds. The molecule has 2 N–H and O–H groups in total. The zero-order valence-electron chi connectivity index (χ0n) is 12.7. The van der Waals surface area contributed by atoms with Crippen LogP contribution in [0.15, 0.2) is 16.7 Å². The van der Waals surface area contributed by atoms with E-state index in [0.29, 0.717) is 12.2 Å². The minimum atomic E-state index is -1.34. The molecular weight excluding hydrogens is 274 g/mol. The lowest BCUT2D eigenvalue weighted by Crippen LogP contribution is -2.76. The van der Waals surface area contributed by atoms with Gasteiger partial charge in [0.1, 0.15) is 5.54 Å². The van der Waals surface area contributed by atoms with E-state index >= 15 is 0 Å². The quantitative estimate of drug-likeness (QED) is 0.867. The molecule has 0 radical (unpaired) electrons. The van der Waals surface area contributed by atoms with Crippen molar-refractivity contribution in [3.63, 3.8) is 0 Å². The van der Waals surface area contributed by atoms with Gasteiger partial charge in [-0.2, -0.15) is 0 Å². The van der Waals surface area contributed by atoms with Crippen molar-refractivity contribution in [1.82, 2.24) is 5.32 Å². The number of nitrogens with one attached hydrogen (secondary N) is 1. The number of hydrogen-bond acceptors (Lipinski definition) is 4. The number of aryl methyl sites for hydroxylation is 1. The van der Waals surface area contributed by atoms with Gasteiger partial charge in [0.15, 0.2) is 5.76 Å². The Morgan fingerprint density at radius 3 is 2.62 bits per heavy atom. The smallest absolute Gasteiger partial charge is 0.330 e. The summed E-state index contributed by atoms with van der Waals surface area (Å²) in [6, 6.07) is 1.66. The first-order chi connectivity index (χ1) is 9.76. The van der Waals surface area contributed by atoms with Crippen LogP contribution in [0.5, 0.6) is 0 Å². The molecule has 2 unspecified atom stereocenters. The van der Waals surface area contributed by atoms with Gasteiger partial charge in [0.25, 0.3) is 5.91 Å². The highest BCUT2D eigenvalue weighted by Crippen LogP contribution is 2.51. The lowest BCUT2D eigenvalue weighted by molar-refractivity contribution is -0.190. The lowest BCUT2D eigenvalue weighted by atomic mass is 9.54. The van der Waals surface area contributed by atoms with E-state index in [-0.39, 0.29) is 18.3 Å². The highest BCUT2D eigenvalue weighted by molar-refractivity contribution is 5.97. The number of aliphatic carboxylic acids is 1. The Morgan fingerprint density at radius 2 is 2.19 bits per heavy atom. The highest BCUT2D eigenvalue weighted by atomic mass is 16.5. The molecule has 6 nitrogen and oxygen atoms in total. The monoisotopic (exact) mass is 295 g/mol. The van der Waals surface area contributed by atoms with Crippen molar-refractivity contribution in [3.05, 3.63) is 23.7 Å². The number of ether oxygens (including phenoxy) is 1. The van der Waals surface area contributed by atoms with Crippen molar-refractivity contribution in [3.8, 4) is 0 Å². The summed E-state index contributed by atoms with van der Waals surface area (Å²) < 4.78 is 10.7. The maximum Gasteiger partial charge on any atom is 0.330 e. The minimum absolute atomic E-state index is 0.145. The second kappa shape index (κ2) is 5.18. The molecule has 1 aliphatic carbocycles. The second-order valence-electron chi connectivity index (χ2n) is 5.97. The van der Waals surface area contributed by atoms with Gasteiger partial charge >= 0.3 is 5.97 Å². The fraction of sp³-hybridized carbons (Fsp3) is 0.600. The van der Waals surface area contributed by atoms with Crippen molar-refractivity contribution >= 4 is 11.9 Å². The summed E-state index contributed by atoms with van der Waals surface area (Å²) in [5.74, 6) is -1.42. The number of amides is 1. The third-order valence-corrected chi connectivity index (χ3v) is 4.52. The molecule has 0 aliphatic heterocycles. The molecule has 1 heterocycles. The zero-order chi connectivity index (χ0) is 15.8. The van der Waals surface area contributed by atoms with Crippen LogP contribution < -0.4 is 5.32 Å². The standard InChI is InChI=1S/C15H21NO5/c1-5-20-10-8-15(13(18)19,14(10,3)4)16-12(17)11-9(2)6-7-21-11/h6-7,10H,5,8H2,1-4H3,(H,16,17)(H,18,19). The molecule has 1 aromatic heterocycles. The largest absolute Gasteiger partial charge is 0.479 e. The van der Waals surface area contributed by atoms with E-state index in [0.717, 1.165) is 0 Å². The number of carbonyl (C=O) groups is 2. The van der Waals surface area contributed by atoms with Crippen LogP contribution in [0, 0.1) is 12.3 Å². The summed E-state index contributed by atoms with van der Waals surface area (Å²) in [4.78, 5) is 24.0. The average Bonchev–Trinajstić information content (AvgIpc) is 2.83. The molecule has 0 aromatic carbocycles. The first-order valence-electron chi connectivity index (χ1n) is 6.98. The van der Waals surface area contributed by atoms with E-state index in [2.05, 4.69) is 5.32 Å². The minimum Gasteiger partial charge on any atom is -0.479 e. The van der Waals surface area contributed by atoms with Crippen LogP contribution in [-0.4, -0.2) is 35.2 Å². The number of furan rings is 1. The van der Waals surface area contributed by atoms with Crippen LogP contribution >= 0.6 is 0 Å². The van der Waals surface area contributed by atoms with Crippen molar-refractivity contribution in [2.24, 2.45) is 5.41 Å². The maximum atomic E-state index is 12.3. The second-order valence-corrected chi connectivity index (χ2v) is 5.97. The number of rotatable bonds is 5. The van der Waals surface area contributed by atoms with Crippen LogP contribution in [0.1, 0.15) is 43.3 Å². The fourth-order valence-electron chi connectivity index (χ4n) is 2.89. The van der Waals surface area contributed by atoms with E-state index in [1.807, 2.05) is 6.92 Å². The molecule has 6 heteroatoms. The number of carboxylic acids is 1. The van der Waals surface area contributed by atoms with Crippen LogP contribution in [0.25, 0.3) is 0 Å². The molecular formula is C15H21NO5. The summed E-state index contributed by atoms with van der Waals surface area (Å²) in [6.45, 7) is 7.69. The lowest BCUT2D eigenvalue weighted by Gasteiger charge is -2.58. The predicted octanol–water partition coefficient (Wildman–Crippen LogP) is 1.98. The Hall–Kier alpha value is -1.82. The molecule has 0 spiro atoms. The van der Waals surface area contributed by atoms with Crippen molar-refractivity contribution in [2.75, 3.05) is 6.61 Å². The van der Waals surface area contributed by atoms with Gasteiger partial charge in [0.05, 0.1) is 12.4 Å². The van der Waals surface area contributed by atoms with Gasteiger partial charge < -0.3 is 19.6 Å². The van der Waals surface area contributed by atoms with Crippen molar-refractivity contribution in [2.45, 2.75) is 45.8 Å². The van der Waals surface area contributed by atoms with E-state index < -0.39 is 22.8 Å². The normalized spacial score (nSPS) is 27.0. The Morgan fingerprint density at radius 1 is 1.52 bits per heavy atom. The SMILES string of the molecule is CCOC1CC(NC(=O)c2occc2C)(C(=O)O)C1(C)C. The van der Waals surface area contributed by atoms with Gasteiger partial charge in [0.2, 0.25) is 0 Å². The number of carboxylic acid groups (broad SMARTS) is 1. The van der Waals surface area contributed by atoms with E-state index in [1.54, 1.807) is 26.8 Å². The summed E-state index contributed by atoms with van der Waals surface area (Å²) in [5, 5.41) is 12.3. The molecule has 1 aromatic rings. The zero-order valence-corrected chi connectivity index (χ0v) is 12.7. The summed E-state index contributed by atoms with van der Waals surface area (Å²) >= 11 is 0. The van der Waals surface area contributed by atoms with Gasteiger partial charge in [-0.1, -0.05) is 13.8 Å². The Balaban J connectivity index is 2.24. The van der Waals surface area contributed by atoms with Gasteiger partial charge in [-0.3, -0.25) is 4.79 Å². The highest BCUT2D eigenvalue weighted by Gasteiger charge is 2.66. The Kier molecular flexibility index (Phi) is 3.84. The summed E-state index contributed by atoms with van der Waals surface area (Å²) in [7, 11) is 0. The molecule has 21 heavy (non-hydrogen) atoms. The van der Waals surface area contributed by atoms with Crippen LogP contribution in [0.2, 0.25) is 0 Å². The molecule has 2 atom stereocenters. The summed E-state index contributed by atoms with van der Waals surface area (Å²) in [6.07, 6.45) is 1.46. The van der Waals surface area contributed by atoms with Crippen molar-refractivity contribution < 1.29 is 23.8 Å². The van der Waals surface area contributed by atoms with E-state index in [1.165, 1.54) is 6.26 Å². The molecule has 0 bridgehead atoms. The average molecular weight is 295 g/mol. The van der Waals surface area contributed by atoms with Gasteiger partial charge in [0, 0.05) is 24.0 Å². The molecule has 1 aliphatic rings. The molecule has 1 saturated carbocycles. The van der Waals surface area contributed by atoms with Gasteiger partial charge in [-0.15, -0.1) is 0 Å². The molecule has 0 saturated heterocycles. The van der Waals surface area contributed by atoms with Crippen LogP contribution in [-0.2, 0) is 9.53 Å². The van der Waals surface area contributed by atoms with Crippen molar-refractivity contribution in [1.29, 1.82) is 0 Å². The topological polar surface area (TPSA) is 88.8 Å².